The van der Waals surface area contributed by atoms with Crippen LogP contribution in [0.25, 0.3) is 0 Å². The minimum Gasteiger partial charge on any atom is -0.355 e. The highest BCUT2D eigenvalue weighted by molar-refractivity contribution is 5.51. The van der Waals surface area contributed by atoms with Gasteiger partial charge in [0.2, 0.25) is 0 Å². The van der Waals surface area contributed by atoms with Gasteiger partial charge in [-0.25, -0.2) is 0 Å². The van der Waals surface area contributed by atoms with E-state index in [1.807, 2.05) is 30.3 Å². The first-order valence-corrected chi connectivity index (χ1v) is 4.87. The van der Waals surface area contributed by atoms with Gasteiger partial charge in [-0.05, 0) is 5.56 Å². The van der Waals surface area contributed by atoms with Crippen LogP contribution in [0.1, 0.15) is 17.9 Å². The van der Waals surface area contributed by atoms with E-state index in [0.717, 1.165) is 11.8 Å². The molecular formula is C12H16O3. The molecule has 15 heavy (non-hydrogen) atoms. The molecule has 1 unspecified atom stereocenters. The number of hydrogen-bond donors (Lipinski definition) is 0. The van der Waals surface area contributed by atoms with Crippen molar-refractivity contribution in [3.63, 3.8) is 0 Å². The molecule has 0 aliphatic carbocycles. The second-order valence-electron chi connectivity index (χ2n) is 3.26. The number of carbonyl (C=O) groups excluding carboxylic acids is 1. The van der Waals surface area contributed by atoms with E-state index in [1.165, 1.54) is 0 Å². The van der Waals surface area contributed by atoms with Gasteiger partial charge in [0.25, 0.3) is 0 Å². The standard InChI is InChI=1S/C12H16O3/c1-14-12(15-2)11(8-9-13)10-6-4-3-5-7-10/h3-7,9,11-12H,8H2,1-2H3. The van der Waals surface area contributed by atoms with Crippen molar-refractivity contribution in [2.45, 2.75) is 18.6 Å². The fourth-order valence-electron chi connectivity index (χ4n) is 1.63. The summed E-state index contributed by atoms with van der Waals surface area (Å²) in [4.78, 5) is 10.6. The summed E-state index contributed by atoms with van der Waals surface area (Å²) in [5, 5.41) is 0. The van der Waals surface area contributed by atoms with Crippen LogP contribution in [0, 0.1) is 0 Å². The highest BCUT2D eigenvalue weighted by Gasteiger charge is 2.21. The normalized spacial score (nSPS) is 12.7. The second-order valence-corrected chi connectivity index (χ2v) is 3.26. The van der Waals surface area contributed by atoms with Crippen molar-refractivity contribution in [3.05, 3.63) is 35.9 Å². The Morgan fingerprint density at radius 3 is 2.27 bits per heavy atom. The summed E-state index contributed by atoms with van der Waals surface area (Å²) in [6.45, 7) is 0. The van der Waals surface area contributed by atoms with E-state index in [0.29, 0.717) is 6.42 Å². The van der Waals surface area contributed by atoms with Crippen molar-refractivity contribution in [2.75, 3.05) is 14.2 Å². The molecule has 0 saturated carbocycles. The topological polar surface area (TPSA) is 35.5 Å². The van der Waals surface area contributed by atoms with Gasteiger partial charge in [-0.3, -0.25) is 0 Å². The first kappa shape index (κ1) is 11.9. The first-order valence-electron chi connectivity index (χ1n) is 4.87. The molecule has 0 N–H and O–H groups in total. The molecule has 0 radical (unpaired) electrons. The lowest BCUT2D eigenvalue weighted by Gasteiger charge is -2.23. The average molecular weight is 208 g/mol. The summed E-state index contributed by atoms with van der Waals surface area (Å²) in [7, 11) is 3.16. The zero-order valence-electron chi connectivity index (χ0n) is 9.05. The number of carbonyl (C=O) groups is 1. The zero-order chi connectivity index (χ0) is 11.1. The predicted octanol–water partition coefficient (Wildman–Crippen LogP) is 1.98. The molecule has 0 bridgehead atoms. The van der Waals surface area contributed by atoms with Crippen LogP contribution in [0.4, 0.5) is 0 Å². The highest BCUT2D eigenvalue weighted by atomic mass is 16.7. The Balaban J connectivity index is 2.86. The van der Waals surface area contributed by atoms with E-state index < -0.39 is 0 Å². The number of methoxy groups -OCH3 is 2. The zero-order valence-corrected chi connectivity index (χ0v) is 9.05. The highest BCUT2D eigenvalue weighted by Crippen LogP contribution is 2.24. The molecule has 0 fully saturated rings. The van der Waals surface area contributed by atoms with E-state index in [1.54, 1.807) is 14.2 Å². The van der Waals surface area contributed by atoms with Crippen molar-refractivity contribution in [1.29, 1.82) is 0 Å². The molecule has 0 amide bonds. The molecule has 1 aromatic carbocycles. The molecule has 0 saturated heterocycles. The van der Waals surface area contributed by atoms with Crippen LogP contribution >= 0.6 is 0 Å². The quantitative estimate of drug-likeness (QED) is 0.529. The molecule has 82 valence electrons. The smallest absolute Gasteiger partial charge is 0.164 e. The van der Waals surface area contributed by atoms with Crippen LogP contribution in [-0.2, 0) is 14.3 Å². The van der Waals surface area contributed by atoms with Gasteiger partial charge in [-0.15, -0.1) is 0 Å². The summed E-state index contributed by atoms with van der Waals surface area (Å²) >= 11 is 0. The van der Waals surface area contributed by atoms with Crippen molar-refractivity contribution in [3.8, 4) is 0 Å². The van der Waals surface area contributed by atoms with Crippen molar-refractivity contribution < 1.29 is 14.3 Å². The Morgan fingerprint density at radius 1 is 1.20 bits per heavy atom. The Bertz CT molecular complexity index is 280. The number of aldehydes is 1. The molecule has 1 atom stereocenters. The van der Waals surface area contributed by atoms with Gasteiger partial charge in [0.15, 0.2) is 6.29 Å². The minimum absolute atomic E-state index is 0.0429. The van der Waals surface area contributed by atoms with E-state index in [-0.39, 0.29) is 12.2 Å². The SMILES string of the molecule is COC(OC)C(CC=O)c1ccccc1. The third-order valence-electron chi connectivity index (χ3n) is 2.37. The molecule has 1 rings (SSSR count). The lowest BCUT2D eigenvalue weighted by Crippen LogP contribution is -2.23. The van der Waals surface area contributed by atoms with E-state index >= 15 is 0 Å². The fraction of sp³-hybridized carbons (Fsp3) is 0.417. The van der Waals surface area contributed by atoms with Crippen LogP contribution in [0.5, 0.6) is 0 Å². The average Bonchev–Trinajstić information content (AvgIpc) is 2.30. The lowest BCUT2D eigenvalue weighted by molar-refractivity contribution is -0.126. The molecule has 3 nitrogen and oxygen atoms in total. The maximum atomic E-state index is 10.6. The van der Waals surface area contributed by atoms with E-state index in [2.05, 4.69) is 0 Å². The van der Waals surface area contributed by atoms with Crippen LogP contribution in [0.3, 0.4) is 0 Å². The molecule has 0 aromatic heterocycles. The van der Waals surface area contributed by atoms with E-state index in [9.17, 15) is 4.79 Å². The summed E-state index contributed by atoms with van der Waals surface area (Å²) < 4.78 is 10.4. The lowest BCUT2D eigenvalue weighted by atomic mass is 9.96. The minimum atomic E-state index is -0.377. The Labute approximate surface area is 90.0 Å². The van der Waals surface area contributed by atoms with Crippen LogP contribution in [0.15, 0.2) is 30.3 Å². The van der Waals surface area contributed by atoms with Gasteiger partial charge in [0.1, 0.15) is 6.29 Å². The van der Waals surface area contributed by atoms with Crippen LogP contribution < -0.4 is 0 Å². The van der Waals surface area contributed by atoms with Crippen molar-refractivity contribution in [1.82, 2.24) is 0 Å². The molecular weight excluding hydrogens is 192 g/mol. The largest absolute Gasteiger partial charge is 0.355 e. The summed E-state index contributed by atoms with van der Waals surface area (Å²) in [5.74, 6) is -0.0429. The number of ether oxygens (including phenoxy) is 2. The third kappa shape index (κ3) is 3.15. The van der Waals surface area contributed by atoms with Gasteiger partial charge >= 0.3 is 0 Å². The molecule has 0 aliphatic rings. The molecule has 0 aliphatic heterocycles. The monoisotopic (exact) mass is 208 g/mol. The summed E-state index contributed by atoms with van der Waals surface area (Å²) in [6, 6.07) is 9.76. The van der Waals surface area contributed by atoms with Crippen molar-refractivity contribution in [2.24, 2.45) is 0 Å². The Morgan fingerprint density at radius 2 is 1.80 bits per heavy atom. The van der Waals surface area contributed by atoms with Gasteiger partial charge in [0, 0.05) is 26.6 Å². The van der Waals surface area contributed by atoms with Gasteiger partial charge < -0.3 is 14.3 Å². The van der Waals surface area contributed by atoms with Gasteiger partial charge in [-0.2, -0.15) is 0 Å². The third-order valence-corrected chi connectivity index (χ3v) is 2.37. The summed E-state index contributed by atoms with van der Waals surface area (Å²) in [5.41, 5.74) is 1.05. The fourth-order valence-corrected chi connectivity index (χ4v) is 1.63. The maximum Gasteiger partial charge on any atom is 0.164 e. The maximum absolute atomic E-state index is 10.6. The predicted molar refractivity (Wildman–Crippen MR) is 57.7 cm³/mol. The second kappa shape index (κ2) is 6.32. The summed E-state index contributed by atoms with van der Waals surface area (Å²) in [6.07, 6.45) is 0.914. The van der Waals surface area contributed by atoms with Crippen molar-refractivity contribution >= 4 is 6.29 Å². The number of rotatable bonds is 6. The Kier molecular flexibility index (Phi) is 5.01. The van der Waals surface area contributed by atoms with Crippen LogP contribution in [0.2, 0.25) is 0 Å². The van der Waals surface area contributed by atoms with Gasteiger partial charge in [0.05, 0.1) is 0 Å². The first-order chi connectivity index (χ1) is 7.33. The molecule has 3 heteroatoms. The number of benzene rings is 1. The molecule has 0 heterocycles. The van der Waals surface area contributed by atoms with E-state index in [4.69, 9.17) is 9.47 Å². The molecule has 1 aromatic rings. The molecule has 0 spiro atoms. The van der Waals surface area contributed by atoms with Gasteiger partial charge in [-0.1, -0.05) is 30.3 Å². The van der Waals surface area contributed by atoms with Crippen LogP contribution in [-0.4, -0.2) is 26.8 Å². The Hall–Kier alpha value is -1.19. The number of hydrogen-bond acceptors (Lipinski definition) is 3.